The Kier molecular flexibility index (Phi) is 8.38. The van der Waals surface area contributed by atoms with Crippen LogP contribution in [0.15, 0.2) is 36.7 Å². The lowest BCUT2D eigenvalue weighted by Crippen LogP contribution is -2.14. The van der Waals surface area contributed by atoms with E-state index >= 15 is 0 Å². The zero-order valence-electron chi connectivity index (χ0n) is 17.8. The number of nitriles is 1. The first-order valence-electron chi connectivity index (χ1n) is 11.2. The number of hydrogen-bond acceptors (Lipinski definition) is 5. The lowest BCUT2D eigenvalue weighted by atomic mass is 9.77. The van der Waals surface area contributed by atoms with Gasteiger partial charge in [0.25, 0.3) is 0 Å². The van der Waals surface area contributed by atoms with E-state index in [1.807, 2.05) is 30.6 Å². The molecule has 1 aromatic heterocycles. The van der Waals surface area contributed by atoms with Crippen molar-refractivity contribution >= 4 is 5.97 Å². The second kappa shape index (κ2) is 11.4. The first kappa shape index (κ1) is 22.0. The van der Waals surface area contributed by atoms with Gasteiger partial charge in [-0.15, -0.1) is 0 Å². The van der Waals surface area contributed by atoms with Gasteiger partial charge in [-0.25, -0.2) is 9.97 Å². The summed E-state index contributed by atoms with van der Waals surface area (Å²) in [5.41, 5.74) is 2.13. The first-order chi connectivity index (χ1) is 14.7. The van der Waals surface area contributed by atoms with Crippen LogP contribution in [0.25, 0.3) is 11.4 Å². The lowest BCUT2D eigenvalue weighted by Gasteiger charge is -2.28. The number of ether oxygens (including phenoxy) is 1. The summed E-state index contributed by atoms with van der Waals surface area (Å²) in [5, 5.41) is 8.53. The fourth-order valence-electron chi connectivity index (χ4n) is 4.18. The quantitative estimate of drug-likeness (QED) is 0.282. The minimum absolute atomic E-state index is 0.101. The van der Waals surface area contributed by atoms with Crippen molar-refractivity contribution in [2.75, 3.05) is 0 Å². The van der Waals surface area contributed by atoms with Gasteiger partial charge in [-0.2, -0.15) is 5.26 Å². The van der Waals surface area contributed by atoms with Crippen LogP contribution in [0.2, 0.25) is 0 Å². The Hall–Kier alpha value is -2.74. The van der Waals surface area contributed by atoms with Gasteiger partial charge in [0.05, 0.1) is 12.5 Å². The van der Waals surface area contributed by atoms with Crippen LogP contribution in [-0.4, -0.2) is 15.9 Å². The Balaban J connectivity index is 1.52. The number of aromatic nitrogens is 2. The zero-order valence-corrected chi connectivity index (χ0v) is 17.8. The summed E-state index contributed by atoms with van der Waals surface area (Å²) in [7, 11) is 0. The van der Waals surface area contributed by atoms with Crippen LogP contribution in [0.1, 0.15) is 82.6 Å². The van der Waals surface area contributed by atoms with Crippen LogP contribution in [0.5, 0.6) is 5.75 Å². The molecular formula is C25H31N3O2. The van der Waals surface area contributed by atoms with Crippen molar-refractivity contribution in [2.45, 2.75) is 77.0 Å². The summed E-state index contributed by atoms with van der Waals surface area (Å²) in [4.78, 5) is 20.8. The molecular weight excluding hydrogens is 374 g/mol. The summed E-state index contributed by atoms with van der Waals surface area (Å²) in [6.45, 7) is 2.27. The standard InChI is InChI=1S/C25H31N3O2/c1-2-3-4-6-19-8-10-20(11-9-19)22-17-27-25(28-18-22)21-12-14-23(15-13-21)30-24(29)7-5-16-26/h12-15,17-20H,2-11H2,1H3. The highest BCUT2D eigenvalue weighted by Gasteiger charge is 2.22. The number of esters is 1. The highest BCUT2D eigenvalue weighted by atomic mass is 16.5. The molecule has 1 heterocycles. The molecule has 1 aliphatic rings. The molecule has 0 aliphatic heterocycles. The molecule has 2 aromatic rings. The summed E-state index contributed by atoms with van der Waals surface area (Å²) in [6, 6.07) is 9.10. The third-order valence-electron chi connectivity index (χ3n) is 5.99. The third kappa shape index (κ3) is 6.38. The number of carbonyl (C=O) groups excluding carboxylic acids is 1. The third-order valence-corrected chi connectivity index (χ3v) is 5.99. The maximum Gasteiger partial charge on any atom is 0.312 e. The van der Waals surface area contributed by atoms with Crippen LogP contribution in [-0.2, 0) is 4.79 Å². The van der Waals surface area contributed by atoms with E-state index < -0.39 is 5.97 Å². The van der Waals surface area contributed by atoms with Crippen LogP contribution < -0.4 is 4.74 Å². The molecule has 158 valence electrons. The highest BCUT2D eigenvalue weighted by Crippen LogP contribution is 2.37. The van der Waals surface area contributed by atoms with Crippen LogP contribution in [0, 0.1) is 17.2 Å². The fraction of sp³-hybridized carbons (Fsp3) is 0.520. The van der Waals surface area contributed by atoms with Crippen LogP contribution >= 0.6 is 0 Å². The molecule has 1 aliphatic carbocycles. The Labute approximate surface area is 179 Å². The van der Waals surface area contributed by atoms with Crippen molar-refractivity contribution in [3.05, 3.63) is 42.2 Å². The Morgan fingerprint density at radius 3 is 2.43 bits per heavy atom. The van der Waals surface area contributed by atoms with Crippen molar-refractivity contribution in [3.8, 4) is 23.2 Å². The molecule has 0 spiro atoms. The molecule has 0 atom stereocenters. The molecule has 5 nitrogen and oxygen atoms in total. The monoisotopic (exact) mass is 405 g/mol. The van der Waals surface area contributed by atoms with Gasteiger partial charge in [-0.3, -0.25) is 4.79 Å². The maximum absolute atomic E-state index is 11.6. The van der Waals surface area contributed by atoms with E-state index in [9.17, 15) is 4.79 Å². The van der Waals surface area contributed by atoms with E-state index in [4.69, 9.17) is 10.00 Å². The van der Waals surface area contributed by atoms with Gasteiger partial charge in [0.2, 0.25) is 0 Å². The second-order valence-corrected chi connectivity index (χ2v) is 8.21. The maximum atomic E-state index is 11.6. The number of benzene rings is 1. The van der Waals surface area contributed by atoms with Gasteiger partial charge < -0.3 is 4.74 Å². The average molecular weight is 406 g/mol. The van der Waals surface area contributed by atoms with Crippen molar-refractivity contribution < 1.29 is 9.53 Å². The van der Waals surface area contributed by atoms with Gasteiger partial charge in [-0.05, 0) is 67.3 Å². The number of hydrogen-bond donors (Lipinski definition) is 0. The molecule has 0 amide bonds. The molecule has 0 N–H and O–H groups in total. The van der Waals surface area contributed by atoms with Gasteiger partial charge in [-0.1, -0.05) is 32.6 Å². The predicted molar refractivity (Wildman–Crippen MR) is 117 cm³/mol. The van der Waals surface area contributed by atoms with Crippen molar-refractivity contribution in [2.24, 2.45) is 5.92 Å². The topological polar surface area (TPSA) is 75.9 Å². The van der Waals surface area contributed by atoms with E-state index in [0.717, 1.165) is 11.5 Å². The SMILES string of the molecule is CCCCCC1CCC(c2cnc(-c3ccc(OC(=O)CCC#N)cc3)nc2)CC1. The van der Waals surface area contributed by atoms with Gasteiger partial charge in [0, 0.05) is 24.4 Å². The summed E-state index contributed by atoms with van der Waals surface area (Å²) in [6.07, 6.45) is 14.8. The molecule has 0 unspecified atom stereocenters. The Morgan fingerprint density at radius 2 is 1.80 bits per heavy atom. The number of unbranched alkanes of at least 4 members (excludes halogenated alkanes) is 2. The molecule has 3 rings (SSSR count). The molecule has 1 fully saturated rings. The molecule has 0 bridgehead atoms. The van der Waals surface area contributed by atoms with Crippen molar-refractivity contribution in [3.63, 3.8) is 0 Å². The molecule has 1 saturated carbocycles. The largest absolute Gasteiger partial charge is 0.427 e. The van der Waals surface area contributed by atoms with E-state index in [1.54, 1.807) is 12.1 Å². The summed E-state index contributed by atoms with van der Waals surface area (Å²) in [5.74, 6) is 2.23. The second-order valence-electron chi connectivity index (χ2n) is 8.21. The van der Waals surface area contributed by atoms with Crippen molar-refractivity contribution in [1.29, 1.82) is 5.26 Å². The summed E-state index contributed by atoms with van der Waals surface area (Å²) >= 11 is 0. The van der Waals surface area contributed by atoms with Gasteiger partial charge in [0.15, 0.2) is 5.82 Å². The molecule has 0 saturated heterocycles. The first-order valence-corrected chi connectivity index (χ1v) is 11.2. The minimum Gasteiger partial charge on any atom is -0.427 e. The normalized spacial score (nSPS) is 18.5. The van der Waals surface area contributed by atoms with E-state index in [0.29, 0.717) is 17.5 Å². The summed E-state index contributed by atoms with van der Waals surface area (Å²) < 4.78 is 5.21. The van der Waals surface area contributed by atoms with E-state index in [-0.39, 0.29) is 12.8 Å². The van der Waals surface area contributed by atoms with Gasteiger partial charge in [0.1, 0.15) is 5.75 Å². The number of nitrogens with zero attached hydrogens (tertiary/aromatic N) is 3. The molecule has 0 radical (unpaired) electrons. The highest BCUT2D eigenvalue weighted by molar-refractivity contribution is 5.72. The molecule has 30 heavy (non-hydrogen) atoms. The van der Waals surface area contributed by atoms with E-state index in [1.165, 1.54) is 56.9 Å². The molecule has 1 aromatic carbocycles. The number of carbonyl (C=O) groups is 1. The predicted octanol–water partition coefficient (Wildman–Crippen LogP) is 6.21. The minimum atomic E-state index is -0.398. The molecule has 5 heteroatoms. The number of rotatable bonds is 9. The van der Waals surface area contributed by atoms with Crippen LogP contribution in [0.4, 0.5) is 0 Å². The lowest BCUT2D eigenvalue weighted by molar-refractivity contribution is -0.134. The van der Waals surface area contributed by atoms with Crippen molar-refractivity contribution in [1.82, 2.24) is 9.97 Å². The zero-order chi connectivity index (χ0) is 21.2. The fourth-order valence-corrected chi connectivity index (χ4v) is 4.18. The average Bonchev–Trinajstić information content (AvgIpc) is 2.79. The smallest absolute Gasteiger partial charge is 0.312 e. The van der Waals surface area contributed by atoms with Crippen LogP contribution in [0.3, 0.4) is 0 Å². The van der Waals surface area contributed by atoms with Gasteiger partial charge >= 0.3 is 5.97 Å². The Bertz CT molecular complexity index is 832. The Morgan fingerprint density at radius 1 is 1.10 bits per heavy atom. The van der Waals surface area contributed by atoms with E-state index in [2.05, 4.69) is 16.9 Å².